The largest absolute Gasteiger partial charge is 0.352 e. The van der Waals surface area contributed by atoms with Crippen LogP contribution in [0.1, 0.15) is 17.4 Å². The second-order valence-electron chi connectivity index (χ2n) is 5.87. The number of halogens is 1. The second kappa shape index (κ2) is 5.09. The number of hydrogen-bond donors (Lipinski definition) is 0. The van der Waals surface area contributed by atoms with Crippen molar-refractivity contribution < 1.29 is 0 Å². The molecule has 0 radical (unpaired) electrons. The van der Waals surface area contributed by atoms with E-state index < -0.39 is 0 Å². The zero-order chi connectivity index (χ0) is 15.3. The van der Waals surface area contributed by atoms with Crippen LogP contribution in [0.3, 0.4) is 0 Å². The summed E-state index contributed by atoms with van der Waals surface area (Å²) in [7, 11) is 0. The Bertz CT molecular complexity index is 849. The fourth-order valence-electron chi connectivity index (χ4n) is 3.28. The van der Waals surface area contributed by atoms with E-state index in [1.165, 1.54) is 11.1 Å². The number of aromatic nitrogens is 3. The van der Waals surface area contributed by atoms with Crippen LogP contribution < -0.4 is 4.90 Å². The highest BCUT2D eigenvalue weighted by Gasteiger charge is 2.31. The van der Waals surface area contributed by atoms with Gasteiger partial charge in [0, 0.05) is 23.8 Å². The standard InChI is InChI=1S/C17H17BrN4/c1-11-7-13(18)8-19-17(11)21-9-14(10-21)22-12(2)20-15-5-3-4-6-16(15)22/h3-8,14H,9-10H2,1-2H3. The van der Waals surface area contributed by atoms with Gasteiger partial charge in [0.1, 0.15) is 11.6 Å². The maximum atomic E-state index is 4.67. The van der Waals surface area contributed by atoms with E-state index in [1.54, 1.807) is 0 Å². The molecule has 4 rings (SSSR count). The van der Waals surface area contributed by atoms with Gasteiger partial charge < -0.3 is 9.47 Å². The number of benzene rings is 1. The number of hydrogen-bond acceptors (Lipinski definition) is 3. The third-order valence-electron chi connectivity index (χ3n) is 4.32. The molecule has 5 heteroatoms. The molecule has 0 amide bonds. The Kier molecular flexibility index (Phi) is 3.18. The molecule has 4 nitrogen and oxygen atoms in total. The number of pyridine rings is 1. The Balaban J connectivity index is 1.61. The minimum atomic E-state index is 0.470. The number of rotatable bonds is 2. The lowest BCUT2D eigenvalue weighted by Gasteiger charge is -2.42. The predicted molar refractivity (Wildman–Crippen MR) is 92.4 cm³/mol. The summed E-state index contributed by atoms with van der Waals surface area (Å²) < 4.78 is 3.39. The first kappa shape index (κ1) is 13.8. The lowest BCUT2D eigenvalue weighted by Crippen LogP contribution is -2.48. The van der Waals surface area contributed by atoms with Crippen LogP contribution in [-0.2, 0) is 0 Å². The molecule has 22 heavy (non-hydrogen) atoms. The molecule has 112 valence electrons. The first-order valence-corrected chi connectivity index (χ1v) is 8.23. The molecule has 0 bridgehead atoms. The lowest BCUT2D eigenvalue weighted by molar-refractivity contribution is 0.398. The van der Waals surface area contributed by atoms with Gasteiger partial charge >= 0.3 is 0 Å². The normalized spacial score (nSPS) is 15.3. The topological polar surface area (TPSA) is 34.0 Å². The minimum absolute atomic E-state index is 0.470. The van der Waals surface area contributed by atoms with Crippen molar-refractivity contribution in [2.75, 3.05) is 18.0 Å². The van der Waals surface area contributed by atoms with Crippen LogP contribution in [0.2, 0.25) is 0 Å². The number of para-hydroxylation sites is 2. The first-order chi connectivity index (χ1) is 10.6. The third-order valence-corrected chi connectivity index (χ3v) is 4.75. The average molecular weight is 357 g/mol. The van der Waals surface area contributed by atoms with Gasteiger partial charge in [-0.25, -0.2) is 9.97 Å². The number of nitrogens with zero attached hydrogens (tertiary/aromatic N) is 4. The van der Waals surface area contributed by atoms with E-state index in [4.69, 9.17) is 0 Å². The molecular formula is C17H17BrN4. The van der Waals surface area contributed by atoms with Crippen LogP contribution in [0.4, 0.5) is 5.82 Å². The van der Waals surface area contributed by atoms with Crippen molar-refractivity contribution in [1.82, 2.24) is 14.5 Å². The van der Waals surface area contributed by atoms with E-state index in [1.807, 2.05) is 12.3 Å². The molecule has 3 heterocycles. The van der Waals surface area contributed by atoms with Gasteiger partial charge in [0.2, 0.25) is 0 Å². The highest BCUT2D eigenvalue weighted by Crippen LogP contribution is 2.32. The van der Waals surface area contributed by atoms with Crippen LogP contribution in [0, 0.1) is 13.8 Å². The number of anilines is 1. The van der Waals surface area contributed by atoms with Gasteiger partial charge in [0.05, 0.1) is 17.1 Å². The Hall–Kier alpha value is -1.88. The van der Waals surface area contributed by atoms with Gasteiger partial charge in [-0.3, -0.25) is 0 Å². The Morgan fingerprint density at radius 1 is 1.18 bits per heavy atom. The highest BCUT2D eigenvalue weighted by atomic mass is 79.9. The monoisotopic (exact) mass is 356 g/mol. The number of imidazole rings is 1. The summed E-state index contributed by atoms with van der Waals surface area (Å²) in [4.78, 5) is 11.6. The molecule has 0 N–H and O–H groups in total. The molecule has 1 aliphatic heterocycles. The summed E-state index contributed by atoms with van der Waals surface area (Å²) in [6, 6.07) is 10.9. The molecule has 0 aliphatic carbocycles. The average Bonchev–Trinajstić information content (AvgIpc) is 2.76. The summed E-state index contributed by atoms with van der Waals surface area (Å²) in [5.41, 5.74) is 3.52. The van der Waals surface area contributed by atoms with Gasteiger partial charge in [0.25, 0.3) is 0 Å². The lowest BCUT2D eigenvalue weighted by atomic mass is 10.1. The van der Waals surface area contributed by atoms with Gasteiger partial charge in [-0.15, -0.1) is 0 Å². The van der Waals surface area contributed by atoms with Crippen LogP contribution in [0.15, 0.2) is 41.0 Å². The van der Waals surface area contributed by atoms with Crippen molar-refractivity contribution in [2.45, 2.75) is 19.9 Å². The highest BCUT2D eigenvalue weighted by molar-refractivity contribution is 9.10. The molecule has 2 aromatic heterocycles. The van der Waals surface area contributed by atoms with Gasteiger partial charge in [-0.2, -0.15) is 0 Å². The third kappa shape index (κ3) is 2.11. The van der Waals surface area contributed by atoms with E-state index in [-0.39, 0.29) is 0 Å². The van der Waals surface area contributed by atoms with Gasteiger partial charge in [0.15, 0.2) is 0 Å². The van der Waals surface area contributed by atoms with Crippen molar-refractivity contribution in [3.05, 3.63) is 52.4 Å². The molecule has 1 fully saturated rings. The van der Waals surface area contributed by atoms with Gasteiger partial charge in [-0.05, 0) is 53.5 Å². The van der Waals surface area contributed by atoms with Crippen molar-refractivity contribution in [3.63, 3.8) is 0 Å². The molecule has 0 atom stereocenters. The molecule has 0 unspecified atom stereocenters. The summed E-state index contributed by atoms with van der Waals surface area (Å²) in [6.07, 6.45) is 1.87. The maximum Gasteiger partial charge on any atom is 0.131 e. The van der Waals surface area contributed by atoms with E-state index in [9.17, 15) is 0 Å². The van der Waals surface area contributed by atoms with Crippen LogP contribution >= 0.6 is 15.9 Å². The zero-order valence-corrected chi connectivity index (χ0v) is 14.2. The van der Waals surface area contributed by atoms with Gasteiger partial charge in [-0.1, -0.05) is 12.1 Å². The summed E-state index contributed by atoms with van der Waals surface area (Å²) in [5.74, 6) is 2.17. The number of aryl methyl sites for hydroxylation is 2. The van der Waals surface area contributed by atoms with E-state index >= 15 is 0 Å². The molecule has 1 aromatic carbocycles. The Morgan fingerprint density at radius 3 is 2.73 bits per heavy atom. The molecule has 0 spiro atoms. The van der Waals surface area contributed by atoms with E-state index in [0.29, 0.717) is 6.04 Å². The second-order valence-corrected chi connectivity index (χ2v) is 6.79. The quantitative estimate of drug-likeness (QED) is 0.698. The number of fused-ring (bicyclic) bond motifs is 1. The minimum Gasteiger partial charge on any atom is -0.352 e. The zero-order valence-electron chi connectivity index (χ0n) is 12.6. The Labute approximate surface area is 137 Å². The van der Waals surface area contributed by atoms with Crippen LogP contribution in [-0.4, -0.2) is 27.6 Å². The molecule has 0 saturated carbocycles. The summed E-state index contributed by atoms with van der Waals surface area (Å²) in [6.45, 7) is 6.16. The summed E-state index contributed by atoms with van der Waals surface area (Å²) >= 11 is 3.47. The van der Waals surface area contributed by atoms with Crippen molar-refractivity contribution in [3.8, 4) is 0 Å². The molecule has 1 saturated heterocycles. The SMILES string of the molecule is Cc1cc(Br)cnc1N1CC(n2c(C)nc3ccccc32)C1. The van der Waals surface area contributed by atoms with Crippen LogP contribution in [0.25, 0.3) is 11.0 Å². The maximum absolute atomic E-state index is 4.67. The Morgan fingerprint density at radius 2 is 1.95 bits per heavy atom. The fourth-order valence-corrected chi connectivity index (χ4v) is 3.73. The van der Waals surface area contributed by atoms with Crippen molar-refractivity contribution >= 4 is 32.8 Å². The first-order valence-electron chi connectivity index (χ1n) is 7.44. The molecule has 1 aliphatic rings. The van der Waals surface area contributed by atoms with Crippen molar-refractivity contribution in [1.29, 1.82) is 0 Å². The smallest absolute Gasteiger partial charge is 0.131 e. The molecule has 3 aromatic rings. The fraction of sp³-hybridized carbons (Fsp3) is 0.294. The van der Waals surface area contributed by atoms with E-state index in [0.717, 1.165) is 34.7 Å². The molecular weight excluding hydrogens is 340 g/mol. The summed E-state index contributed by atoms with van der Waals surface area (Å²) in [5, 5.41) is 0. The predicted octanol–water partition coefficient (Wildman–Crippen LogP) is 3.87. The van der Waals surface area contributed by atoms with E-state index in [2.05, 4.69) is 73.5 Å². The van der Waals surface area contributed by atoms with Crippen LogP contribution in [0.5, 0.6) is 0 Å². The van der Waals surface area contributed by atoms with Crippen molar-refractivity contribution in [2.24, 2.45) is 0 Å².